The highest BCUT2D eigenvalue weighted by atomic mass is 35.5. The Labute approximate surface area is 102 Å². The van der Waals surface area contributed by atoms with E-state index >= 15 is 0 Å². The molecule has 0 saturated carbocycles. The van der Waals surface area contributed by atoms with Crippen LogP contribution in [-0.2, 0) is 5.54 Å². The average Bonchev–Trinajstić information content (AvgIpc) is 2.70. The van der Waals surface area contributed by atoms with Gasteiger partial charge in [0.05, 0.1) is 5.54 Å². The van der Waals surface area contributed by atoms with Gasteiger partial charge in [0.2, 0.25) is 0 Å². The molecular weight excluding hydrogens is 220 g/mol. The van der Waals surface area contributed by atoms with Crippen LogP contribution in [0.25, 0.3) is 0 Å². The highest BCUT2D eigenvalue weighted by molar-refractivity contribution is 6.30. The molecule has 1 aromatic carbocycles. The van der Waals surface area contributed by atoms with E-state index in [0.717, 1.165) is 17.1 Å². The van der Waals surface area contributed by atoms with Crippen LogP contribution in [0.2, 0.25) is 5.02 Å². The van der Waals surface area contributed by atoms with Crippen molar-refractivity contribution in [2.24, 2.45) is 5.73 Å². The topological polar surface area (TPSA) is 29.3 Å². The fourth-order valence-corrected chi connectivity index (χ4v) is 2.45. The molecule has 1 aromatic rings. The largest absolute Gasteiger partial charge is 0.321 e. The van der Waals surface area contributed by atoms with Gasteiger partial charge in [-0.15, -0.1) is 0 Å². The fourth-order valence-electron chi connectivity index (χ4n) is 2.33. The van der Waals surface area contributed by atoms with E-state index in [1.165, 1.54) is 25.9 Å². The van der Waals surface area contributed by atoms with E-state index in [1.807, 2.05) is 24.3 Å². The highest BCUT2D eigenvalue weighted by Gasteiger charge is 2.25. The Balaban J connectivity index is 2.07. The van der Waals surface area contributed by atoms with Crippen LogP contribution in [-0.4, -0.2) is 24.5 Å². The molecule has 0 spiro atoms. The smallest absolute Gasteiger partial charge is 0.0509 e. The maximum absolute atomic E-state index is 6.38. The van der Waals surface area contributed by atoms with Gasteiger partial charge in [0, 0.05) is 11.6 Å². The van der Waals surface area contributed by atoms with Crippen molar-refractivity contribution in [1.29, 1.82) is 0 Å². The van der Waals surface area contributed by atoms with E-state index in [4.69, 9.17) is 17.3 Å². The van der Waals surface area contributed by atoms with Crippen LogP contribution in [0.3, 0.4) is 0 Å². The molecule has 2 N–H and O–H groups in total. The minimum absolute atomic E-state index is 0.283. The van der Waals surface area contributed by atoms with Gasteiger partial charge in [-0.2, -0.15) is 0 Å². The van der Waals surface area contributed by atoms with Crippen molar-refractivity contribution in [3.8, 4) is 0 Å². The van der Waals surface area contributed by atoms with Crippen LogP contribution < -0.4 is 5.73 Å². The first kappa shape index (κ1) is 11.9. The lowest BCUT2D eigenvalue weighted by molar-refractivity contribution is 0.261. The SMILES string of the molecule is CC(N)(CN1CCCC1)c1ccc(Cl)cc1. The first-order valence-electron chi connectivity index (χ1n) is 5.85. The van der Waals surface area contributed by atoms with E-state index in [0.29, 0.717) is 0 Å². The van der Waals surface area contributed by atoms with Crippen molar-refractivity contribution in [2.75, 3.05) is 19.6 Å². The number of likely N-dealkylation sites (tertiary alicyclic amines) is 1. The molecule has 1 aliphatic heterocycles. The predicted octanol–water partition coefficient (Wildman–Crippen LogP) is 2.61. The normalized spacial score (nSPS) is 20.9. The molecule has 1 aliphatic rings. The third-order valence-electron chi connectivity index (χ3n) is 3.25. The molecule has 1 unspecified atom stereocenters. The maximum atomic E-state index is 6.38. The van der Waals surface area contributed by atoms with Gasteiger partial charge < -0.3 is 10.6 Å². The number of hydrogen-bond acceptors (Lipinski definition) is 2. The van der Waals surface area contributed by atoms with Gasteiger partial charge in [-0.05, 0) is 50.6 Å². The van der Waals surface area contributed by atoms with Crippen molar-refractivity contribution in [2.45, 2.75) is 25.3 Å². The van der Waals surface area contributed by atoms with Gasteiger partial charge in [-0.3, -0.25) is 0 Å². The van der Waals surface area contributed by atoms with Gasteiger partial charge in [-0.25, -0.2) is 0 Å². The van der Waals surface area contributed by atoms with Crippen LogP contribution in [0.4, 0.5) is 0 Å². The summed E-state index contributed by atoms with van der Waals surface area (Å²) in [5.74, 6) is 0. The van der Waals surface area contributed by atoms with Crippen LogP contribution in [0.5, 0.6) is 0 Å². The number of nitrogens with two attached hydrogens (primary N) is 1. The predicted molar refractivity (Wildman–Crippen MR) is 68.7 cm³/mol. The molecule has 0 aliphatic carbocycles. The summed E-state index contributed by atoms with van der Waals surface area (Å²) in [5.41, 5.74) is 7.26. The monoisotopic (exact) mass is 238 g/mol. The molecule has 1 fully saturated rings. The molecule has 2 rings (SSSR count). The number of nitrogens with zero attached hydrogens (tertiary/aromatic N) is 1. The molecule has 16 heavy (non-hydrogen) atoms. The van der Waals surface area contributed by atoms with Gasteiger partial charge in [0.25, 0.3) is 0 Å². The second-order valence-electron chi connectivity index (χ2n) is 4.91. The van der Waals surface area contributed by atoms with E-state index in [9.17, 15) is 0 Å². The Morgan fingerprint density at radius 3 is 2.38 bits per heavy atom. The van der Waals surface area contributed by atoms with Crippen molar-refractivity contribution in [1.82, 2.24) is 4.90 Å². The Kier molecular flexibility index (Phi) is 3.53. The standard InChI is InChI=1S/C13H19ClN2/c1-13(15,10-16-8-2-3-9-16)11-4-6-12(14)7-5-11/h4-7H,2-3,8-10,15H2,1H3. The maximum Gasteiger partial charge on any atom is 0.0509 e. The van der Waals surface area contributed by atoms with Crippen LogP contribution >= 0.6 is 11.6 Å². The summed E-state index contributed by atoms with van der Waals surface area (Å²) in [5, 5.41) is 0.765. The number of rotatable bonds is 3. The van der Waals surface area contributed by atoms with Crippen LogP contribution in [0.15, 0.2) is 24.3 Å². The van der Waals surface area contributed by atoms with Gasteiger partial charge in [-0.1, -0.05) is 23.7 Å². The van der Waals surface area contributed by atoms with Crippen molar-refractivity contribution in [3.63, 3.8) is 0 Å². The van der Waals surface area contributed by atoms with Crippen molar-refractivity contribution in [3.05, 3.63) is 34.9 Å². The summed E-state index contributed by atoms with van der Waals surface area (Å²) >= 11 is 5.88. The summed E-state index contributed by atoms with van der Waals surface area (Å²) in [6, 6.07) is 7.87. The Morgan fingerprint density at radius 1 is 1.25 bits per heavy atom. The van der Waals surface area contributed by atoms with Crippen molar-refractivity contribution < 1.29 is 0 Å². The third kappa shape index (κ3) is 2.76. The molecule has 1 saturated heterocycles. The number of benzene rings is 1. The van der Waals surface area contributed by atoms with Crippen LogP contribution in [0, 0.1) is 0 Å². The van der Waals surface area contributed by atoms with E-state index in [2.05, 4.69) is 11.8 Å². The van der Waals surface area contributed by atoms with E-state index < -0.39 is 0 Å². The molecule has 0 amide bonds. The molecule has 88 valence electrons. The molecule has 0 bridgehead atoms. The lowest BCUT2D eigenvalue weighted by atomic mass is 9.93. The Hall–Kier alpha value is -0.570. The number of hydrogen-bond donors (Lipinski definition) is 1. The fraction of sp³-hybridized carbons (Fsp3) is 0.538. The molecule has 1 heterocycles. The minimum atomic E-state index is -0.283. The molecular formula is C13H19ClN2. The Bertz CT molecular complexity index is 339. The molecule has 0 aromatic heterocycles. The summed E-state index contributed by atoms with van der Waals surface area (Å²) in [7, 11) is 0. The first-order chi connectivity index (χ1) is 7.58. The molecule has 3 heteroatoms. The van der Waals surface area contributed by atoms with Crippen molar-refractivity contribution >= 4 is 11.6 Å². The van der Waals surface area contributed by atoms with Gasteiger partial charge in [0.1, 0.15) is 0 Å². The zero-order valence-corrected chi connectivity index (χ0v) is 10.5. The second-order valence-corrected chi connectivity index (χ2v) is 5.34. The lowest BCUT2D eigenvalue weighted by Gasteiger charge is -2.30. The van der Waals surface area contributed by atoms with Gasteiger partial charge in [0.15, 0.2) is 0 Å². The number of halogens is 1. The van der Waals surface area contributed by atoms with E-state index in [1.54, 1.807) is 0 Å². The van der Waals surface area contributed by atoms with Crippen LogP contribution in [0.1, 0.15) is 25.3 Å². The lowest BCUT2D eigenvalue weighted by Crippen LogP contribution is -2.44. The second kappa shape index (κ2) is 4.74. The zero-order valence-electron chi connectivity index (χ0n) is 9.75. The average molecular weight is 239 g/mol. The molecule has 1 atom stereocenters. The van der Waals surface area contributed by atoms with E-state index in [-0.39, 0.29) is 5.54 Å². The summed E-state index contributed by atoms with van der Waals surface area (Å²) in [6.45, 7) is 5.38. The third-order valence-corrected chi connectivity index (χ3v) is 3.51. The first-order valence-corrected chi connectivity index (χ1v) is 6.23. The summed E-state index contributed by atoms with van der Waals surface area (Å²) in [4.78, 5) is 2.44. The highest BCUT2D eigenvalue weighted by Crippen LogP contribution is 2.22. The quantitative estimate of drug-likeness (QED) is 0.877. The zero-order chi connectivity index (χ0) is 11.6. The Morgan fingerprint density at radius 2 is 1.81 bits per heavy atom. The van der Waals surface area contributed by atoms with Gasteiger partial charge >= 0.3 is 0 Å². The summed E-state index contributed by atoms with van der Waals surface area (Å²) < 4.78 is 0. The summed E-state index contributed by atoms with van der Waals surface area (Å²) in [6.07, 6.45) is 2.60. The molecule has 0 radical (unpaired) electrons. The minimum Gasteiger partial charge on any atom is -0.321 e. The molecule has 2 nitrogen and oxygen atoms in total.